The molecule has 12 heteroatoms. The van der Waals surface area contributed by atoms with Gasteiger partial charge in [0, 0.05) is 21.5 Å². The van der Waals surface area contributed by atoms with Crippen LogP contribution >= 0.6 is 34.7 Å². The Morgan fingerprint density at radius 3 is 2.45 bits per heavy atom. The summed E-state index contributed by atoms with van der Waals surface area (Å²) in [6.07, 6.45) is 0. The number of imide groups is 1. The number of halogens is 1. The predicted octanol–water partition coefficient (Wildman–Crippen LogP) is 5.22. The fourth-order valence-corrected chi connectivity index (χ4v) is 7.84. The molecule has 4 aromatic rings. The molecular formula is C30H24ClN3O6S2. The summed E-state index contributed by atoms with van der Waals surface area (Å²) in [5.74, 6) is -1.65. The van der Waals surface area contributed by atoms with E-state index in [1.807, 2.05) is 19.1 Å². The van der Waals surface area contributed by atoms with Gasteiger partial charge >= 0.3 is 4.87 Å². The Bertz CT molecular complexity index is 1750. The predicted molar refractivity (Wildman–Crippen MR) is 162 cm³/mol. The molecule has 2 aliphatic heterocycles. The number of methoxy groups -OCH3 is 1. The van der Waals surface area contributed by atoms with Crippen LogP contribution in [0.25, 0.3) is 0 Å². The maximum Gasteiger partial charge on any atom is 0.305 e. The molecule has 214 valence electrons. The van der Waals surface area contributed by atoms with E-state index in [1.165, 1.54) is 23.8 Å². The van der Waals surface area contributed by atoms with Crippen LogP contribution in [0.1, 0.15) is 21.9 Å². The lowest BCUT2D eigenvalue weighted by Crippen LogP contribution is -2.32. The molecule has 9 nitrogen and oxygen atoms in total. The zero-order valence-electron chi connectivity index (χ0n) is 22.4. The summed E-state index contributed by atoms with van der Waals surface area (Å²) in [4.78, 5) is 56.9. The molecule has 0 aliphatic carbocycles. The fraction of sp³-hybridized carbons (Fsp3) is 0.200. The quantitative estimate of drug-likeness (QED) is 0.272. The molecule has 0 spiro atoms. The third-order valence-electron chi connectivity index (χ3n) is 7.15. The first kappa shape index (κ1) is 28.1. The molecule has 2 aliphatic rings. The maximum atomic E-state index is 13.9. The van der Waals surface area contributed by atoms with E-state index < -0.39 is 17.1 Å². The number of rotatable bonds is 7. The van der Waals surface area contributed by atoms with Gasteiger partial charge in [0.2, 0.25) is 11.8 Å². The molecule has 2 N–H and O–H groups in total. The molecule has 1 aromatic heterocycles. The number of aryl methyl sites for hydroxylation is 1. The number of thioether (sulfide) groups is 1. The van der Waals surface area contributed by atoms with Gasteiger partial charge < -0.3 is 19.8 Å². The van der Waals surface area contributed by atoms with Crippen molar-refractivity contribution in [3.8, 4) is 11.5 Å². The van der Waals surface area contributed by atoms with Crippen LogP contribution in [0.4, 0.5) is 11.4 Å². The third kappa shape index (κ3) is 5.19. The number of hydrogen-bond donors (Lipinski definition) is 2. The van der Waals surface area contributed by atoms with Gasteiger partial charge in [-0.2, -0.15) is 0 Å². The van der Waals surface area contributed by atoms with E-state index in [4.69, 9.17) is 21.1 Å². The van der Waals surface area contributed by atoms with Gasteiger partial charge in [-0.3, -0.25) is 19.2 Å². The van der Waals surface area contributed by atoms with E-state index in [0.29, 0.717) is 43.4 Å². The van der Waals surface area contributed by atoms with Crippen LogP contribution in [-0.4, -0.2) is 41.7 Å². The highest BCUT2D eigenvalue weighted by Gasteiger charge is 2.56. The number of nitrogens with one attached hydrogen (secondary N) is 2. The molecule has 0 saturated carbocycles. The first-order chi connectivity index (χ1) is 20.2. The molecule has 0 radical (unpaired) electrons. The number of anilines is 2. The Hall–Kier alpha value is -4.06. The van der Waals surface area contributed by atoms with E-state index in [-0.39, 0.29) is 29.2 Å². The van der Waals surface area contributed by atoms with Gasteiger partial charge in [-0.15, -0.1) is 0 Å². The van der Waals surface area contributed by atoms with Crippen LogP contribution in [0.5, 0.6) is 11.5 Å². The van der Waals surface area contributed by atoms with Crippen LogP contribution in [0, 0.1) is 12.8 Å². The minimum absolute atomic E-state index is 0.258. The van der Waals surface area contributed by atoms with Gasteiger partial charge in [0.05, 0.1) is 23.7 Å². The summed E-state index contributed by atoms with van der Waals surface area (Å²) in [6, 6.07) is 19.1. The lowest BCUT2D eigenvalue weighted by atomic mass is 9.83. The standard InChI is InChI=1S/C30H24ClN3O6S2/c1-15-3-10-19(11-4-15)34-28(36)24-23(25-27(33-30(38)42-25)41-26(24)29(34)37)16-5-12-20(21(13-16)39-2)40-14-22(35)32-18-8-6-17(31)7-9-18/h3-13,23-24,26H,14H2,1-2H3,(H,32,35)(H,33,38)/t23-,24?,26?/m1/s1. The van der Waals surface area contributed by atoms with Gasteiger partial charge in [-0.1, -0.05) is 58.5 Å². The highest BCUT2D eigenvalue weighted by Crippen LogP contribution is 2.53. The van der Waals surface area contributed by atoms with E-state index in [9.17, 15) is 19.2 Å². The number of benzene rings is 3. The van der Waals surface area contributed by atoms with Gasteiger partial charge in [-0.05, 0) is 61.0 Å². The SMILES string of the molecule is COc1cc([C@H]2c3sc(=O)[nH]c3SC3C(=O)N(c4ccc(C)cc4)C(=O)C32)ccc1OCC(=O)Nc1ccc(Cl)cc1. The van der Waals surface area contributed by atoms with Crippen molar-refractivity contribution in [1.82, 2.24) is 4.98 Å². The Labute approximate surface area is 253 Å². The Balaban J connectivity index is 1.29. The van der Waals surface area contributed by atoms with Crippen molar-refractivity contribution < 1.29 is 23.9 Å². The number of carbonyl (C=O) groups is 3. The molecule has 3 aromatic carbocycles. The summed E-state index contributed by atoms with van der Waals surface area (Å²) < 4.78 is 11.4. The number of carbonyl (C=O) groups excluding carboxylic acids is 3. The van der Waals surface area contributed by atoms with Crippen LogP contribution in [0.3, 0.4) is 0 Å². The Kier molecular flexibility index (Phi) is 7.56. The summed E-state index contributed by atoms with van der Waals surface area (Å²) in [5, 5.41) is 3.17. The van der Waals surface area contributed by atoms with Crippen molar-refractivity contribution in [2.75, 3.05) is 23.9 Å². The number of aromatic nitrogens is 1. The molecule has 3 heterocycles. The van der Waals surface area contributed by atoms with Gasteiger partial charge in [0.1, 0.15) is 5.25 Å². The Morgan fingerprint density at radius 1 is 1.00 bits per heavy atom. The molecule has 0 bridgehead atoms. The van der Waals surface area contributed by atoms with Gasteiger partial charge in [0.25, 0.3) is 5.91 Å². The second-order valence-electron chi connectivity index (χ2n) is 9.85. The van der Waals surface area contributed by atoms with E-state index in [2.05, 4.69) is 10.3 Å². The number of nitrogens with zero attached hydrogens (tertiary/aromatic N) is 1. The van der Waals surface area contributed by atoms with Crippen LogP contribution in [-0.2, 0) is 14.4 Å². The molecule has 3 atom stereocenters. The number of thiazole rings is 1. The summed E-state index contributed by atoms with van der Waals surface area (Å²) >= 11 is 8.15. The highest BCUT2D eigenvalue weighted by atomic mass is 35.5. The van der Waals surface area contributed by atoms with Gasteiger partial charge in [0.15, 0.2) is 18.1 Å². The second kappa shape index (κ2) is 11.3. The van der Waals surface area contributed by atoms with Crippen molar-refractivity contribution in [2.45, 2.75) is 23.1 Å². The monoisotopic (exact) mass is 621 g/mol. The number of hydrogen-bond acceptors (Lipinski definition) is 8. The summed E-state index contributed by atoms with van der Waals surface area (Å²) in [7, 11) is 1.47. The average Bonchev–Trinajstić information content (AvgIpc) is 3.47. The molecule has 1 fully saturated rings. The minimum Gasteiger partial charge on any atom is -0.493 e. The first-order valence-electron chi connectivity index (χ1n) is 12.9. The summed E-state index contributed by atoms with van der Waals surface area (Å²) in [6.45, 7) is 1.66. The van der Waals surface area contributed by atoms with Crippen molar-refractivity contribution in [2.24, 2.45) is 5.92 Å². The smallest absolute Gasteiger partial charge is 0.305 e. The van der Waals surface area contributed by atoms with Crippen LogP contribution in [0.15, 0.2) is 76.6 Å². The largest absolute Gasteiger partial charge is 0.493 e. The zero-order chi connectivity index (χ0) is 29.5. The van der Waals surface area contributed by atoms with E-state index >= 15 is 0 Å². The molecule has 3 amide bonds. The highest BCUT2D eigenvalue weighted by molar-refractivity contribution is 8.00. The third-order valence-corrected chi connectivity index (χ3v) is 9.80. The van der Waals surface area contributed by atoms with Gasteiger partial charge in [-0.25, -0.2) is 4.90 Å². The maximum absolute atomic E-state index is 13.9. The zero-order valence-corrected chi connectivity index (χ0v) is 24.8. The van der Waals surface area contributed by atoms with Crippen LogP contribution in [0.2, 0.25) is 5.02 Å². The van der Waals surface area contributed by atoms with Crippen molar-refractivity contribution in [3.63, 3.8) is 0 Å². The number of fused-ring (bicyclic) bond motifs is 2. The lowest BCUT2D eigenvalue weighted by Gasteiger charge is -2.30. The average molecular weight is 622 g/mol. The number of amides is 3. The number of ether oxygens (including phenoxy) is 2. The van der Waals surface area contributed by atoms with E-state index in [0.717, 1.165) is 16.9 Å². The van der Waals surface area contributed by atoms with Crippen molar-refractivity contribution in [3.05, 3.63) is 97.4 Å². The summed E-state index contributed by atoms with van der Waals surface area (Å²) in [5.41, 5.74) is 2.79. The minimum atomic E-state index is -0.732. The molecule has 42 heavy (non-hydrogen) atoms. The number of H-pyrrole nitrogens is 1. The first-order valence-corrected chi connectivity index (χ1v) is 15.0. The Morgan fingerprint density at radius 2 is 1.74 bits per heavy atom. The second-order valence-corrected chi connectivity index (χ2v) is 12.5. The van der Waals surface area contributed by atoms with Crippen LogP contribution < -0.4 is 24.6 Å². The fourth-order valence-electron chi connectivity index (χ4n) is 5.19. The number of aromatic amines is 1. The van der Waals surface area contributed by atoms with Crippen molar-refractivity contribution in [1.29, 1.82) is 0 Å². The molecule has 2 unspecified atom stereocenters. The molecule has 1 saturated heterocycles. The lowest BCUT2D eigenvalue weighted by molar-refractivity contribution is -0.122. The molecular weight excluding hydrogens is 598 g/mol. The normalized spacial score (nSPS) is 19.3. The van der Waals surface area contributed by atoms with E-state index in [1.54, 1.807) is 54.6 Å². The molecule has 6 rings (SSSR count). The topological polar surface area (TPSA) is 118 Å². The van der Waals surface area contributed by atoms with Crippen molar-refractivity contribution >= 4 is 63.8 Å².